The highest BCUT2D eigenvalue weighted by atomic mass is 19.4. The van der Waals surface area contributed by atoms with E-state index in [2.05, 4.69) is 20.5 Å². The Morgan fingerprint density at radius 2 is 2.11 bits per heavy atom. The summed E-state index contributed by atoms with van der Waals surface area (Å²) >= 11 is 0. The molecule has 1 heterocycles. The van der Waals surface area contributed by atoms with Gasteiger partial charge in [-0.05, 0) is 25.1 Å². The first-order valence-electron chi connectivity index (χ1n) is 5.46. The van der Waals surface area contributed by atoms with Crippen molar-refractivity contribution in [1.29, 1.82) is 0 Å². The number of benzene rings is 1. The second-order valence-electron chi connectivity index (χ2n) is 4.04. The van der Waals surface area contributed by atoms with Crippen LogP contribution in [0.5, 0.6) is 0 Å². The molecule has 5 nitrogen and oxygen atoms in total. The second kappa shape index (κ2) is 4.79. The molecule has 1 atom stereocenters. The lowest BCUT2D eigenvalue weighted by Gasteiger charge is -2.16. The van der Waals surface area contributed by atoms with Gasteiger partial charge in [-0.1, -0.05) is 0 Å². The van der Waals surface area contributed by atoms with Crippen LogP contribution in [0.25, 0.3) is 0 Å². The molecule has 19 heavy (non-hydrogen) atoms. The fourth-order valence-electron chi connectivity index (χ4n) is 1.60. The summed E-state index contributed by atoms with van der Waals surface area (Å²) in [5.74, 6) is 0.569. The third-order valence-electron chi connectivity index (χ3n) is 2.59. The number of halogens is 3. The molecular weight excluding hydrogens is 259 g/mol. The fourth-order valence-corrected chi connectivity index (χ4v) is 1.60. The second-order valence-corrected chi connectivity index (χ2v) is 4.04. The molecule has 1 aromatic carbocycles. The molecule has 0 fully saturated rings. The Labute approximate surface area is 107 Å². The number of aromatic nitrogens is 3. The van der Waals surface area contributed by atoms with Crippen molar-refractivity contribution in [3.63, 3.8) is 0 Å². The first kappa shape index (κ1) is 13.2. The summed E-state index contributed by atoms with van der Waals surface area (Å²) in [6.45, 7) is 1.79. The Hall–Kier alpha value is -2.25. The zero-order valence-electron chi connectivity index (χ0n) is 9.99. The molecule has 8 heteroatoms. The van der Waals surface area contributed by atoms with Gasteiger partial charge in [0.15, 0.2) is 0 Å². The van der Waals surface area contributed by atoms with Crippen LogP contribution in [-0.2, 0) is 6.18 Å². The summed E-state index contributed by atoms with van der Waals surface area (Å²) in [6, 6.07) is 2.92. The lowest BCUT2D eigenvalue weighted by Crippen LogP contribution is -2.11. The zero-order valence-corrected chi connectivity index (χ0v) is 9.99. The van der Waals surface area contributed by atoms with E-state index in [4.69, 9.17) is 5.73 Å². The number of H-pyrrole nitrogens is 1. The highest BCUT2D eigenvalue weighted by Gasteiger charge is 2.30. The maximum Gasteiger partial charge on any atom is 0.416 e. The zero-order chi connectivity index (χ0) is 14.0. The van der Waals surface area contributed by atoms with E-state index >= 15 is 0 Å². The molecule has 0 radical (unpaired) electrons. The van der Waals surface area contributed by atoms with Gasteiger partial charge in [0, 0.05) is 0 Å². The van der Waals surface area contributed by atoms with Crippen molar-refractivity contribution in [2.24, 2.45) is 0 Å². The van der Waals surface area contributed by atoms with Crippen molar-refractivity contribution < 1.29 is 13.2 Å². The Bertz CT molecular complexity index is 550. The number of aromatic amines is 1. The normalized spacial score (nSPS) is 13.3. The molecule has 0 bridgehead atoms. The van der Waals surface area contributed by atoms with E-state index in [0.29, 0.717) is 11.5 Å². The predicted molar refractivity (Wildman–Crippen MR) is 64.3 cm³/mol. The molecule has 1 aromatic heterocycles. The van der Waals surface area contributed by atoms with Crippen LogP contribution in [0.1, 0.15) is 24.4 Å². The lowest BCUT2D eigenvalue weighted by atomic mass is 10.1. The third-order valence-corrected chi connectivity index (χ3v) is 2.59. The number of nitrogens with two attached hydrogens (primary N) is 1. The van der Waals surface area contributed by atoms with Gasteiger partial charge in [-0.2, -0.15) is 18.3 Å². The Kier molecular flexibility index (Phi) is 3.32. The molecule has 0 spiro atoms. The summed E-state index contributed by atoms with van der Waals surface area (Å²) in [7, 11) is 0. The van der Waals surface area contributed by atoms with Crippen LogP contribution in [0.4, 0.5) is 24.5 Å². The summed E-state index contributed by atoms with van der Waals surface area (Å²) in [4.78, 5) is 3.95. The van der Waals surface area contributed by atoms with Crippen molar-refractivity contribution in [3.05, 3.63) is 35.9 Å². The molecule has 0 saturated carbocycles. The molecule has 2 rings (SSSR count). The standard InChI is InChI=1S/C11H12F3N5/c1-6(10-16-5-17-19-10)18-9-3-2-7(4-8(9)15)11(12,13)14/h2-6,18H,15H2,1H3,(H,16,17,19). The minimum absolute atomic E-state index is 0.0289. The van der Waals surface area contributed by atoms with Gasteiger partial charge in [0.25, 0.3) is 0 Å². The topological polar surface area (TPSA) is 79.6 Å². The number of nitrogen functional groups attached to an aromatic ring is 1. The van der Waals surface area contributed by atoms with E-state index in [9.17, 15) is 13.2 Å². The van der Waals surface area contributed by atoms with E-state index < -0.39 is 11.7 Å². The highest BCUT2D eigenvalue weighted by Crippen LogP contribution is 2.33. The van der Waals surface area contributed by atoms with E-state index in [1.807, 2.05) is 0 Å². The Balaban J connectivity index is 2.18. The fraction of sp³-hybridized carbons (Fsp3) is 0.273. The van der Waals surface area contributed by atoms with Gasteiger partial charge in [0.2, 0.25) is 0 Å². The monoisotopic (exact) mass is 271 g/mol. The van der Waals surface area contributed by atoms with Crippen molar-refractivity contribution >= 4 is 11.4 Å². The molecule has 0 aliphatic rings. The number of nitrogens with zero attached hydrogens (tertiary/aromatic N) is 2. The van der Waals surface area contributed by atoms with Gasteiger partial charge in [-0.25, -0.2) is 4.98 Å². The molecule has 1 unspecified atom stereocenters. The first-order valence-corrected chi connectivity index (χ1v) is 5.46. The van der Waals surface area contributed by atoms with Gasteiger partial charge >= 0.3 is 6.18 Å². The predicted octanol–water partition coefficient (Wildman–Crippen LogP) is 2.58. The summed E-state index contributed by atoms with van der Waals surface area (Å²) in [6.07, 6.45) is -3.05. The molecule has 2 aromatic rings. The van der Waals surface area contributed by atoms with Gasteiger partial charge in [0.05, 0.1) is 23.0 Å². The highest BCUT2D eigenvalue weighted by molar-refractivity contribution is 5.67. The van der Waals surface area contributed by atoms with Gasteiger partial charge in [-0.3, -0.25) is 5.10 Å². The molecule has 102 valence electrons. The van der Waals surface area contributed by atoms with Crippen molar-refractivity contribution in [2.45, 2.75) is 19.1 Å². The van der Waals surface area contributed by atoms with E-state index in [-0.39, 0.29) is 11.7 Å². The maximum absolute atomic E-state index is 12.5. The molecule has 4 N–H and O–H groups in total. The van der Waals surface area contributed by atoms with Gasteiger partial charge in [-0.15, -0.1) is 0 Å². The third kappa shape index (κ3) is 2.95. The number of alkyl halides is 3. The van der Waals surface area contributed by atoms with Gasteiger partial charge < -0.3 is 11.1 Å². The molecule has 0 amide bonds. The number of rotatable bonds is 3. The quantitative estimate of drug-likeness (QED) is 0.749. The summed E-state index contributed by atoms with van der Waals surface area (Å²) in [5, 5.41) is 9.33. The van der Waals surface area contributed by atoms with Gasteiger partial charge in [0.1, 0.15) is 12.2 Å². The van der Waals surface area contributed by atoms with Crippen LogP contribution < -0.4 is 11.1 Å². The first-order chi connectivity index (χ1) is 8.88. The number of anilines is 2. The van der Waals surface area contributed by atoms with E-state index in [1.54, 1.807) is 6.92 Å². The smallest absolute Gasteiger partial charge is 0.397 e. The van der Waals surface area contributed by atoms with Crippen LogP contribution in [0.2, 0.25) is 0 Å². The molecule has 0 aliphatic heterocycles. The average Bonchev–Trinajstić information content (AvgIpc) is 2.84. The number of nitrogens with one attached hydrogen (secondary N) is 2. The number of hydrogen-bond acceptors (Lipinski definition) is 4. The SMILES string of the molecule is CC(Nc1ccc(C(F)(F)F)cc1N)c1ncn[nH]1. The Morgan fingerprint density at radius 1 is 1.37 bits per heavy atom. The molecule has 0 saturated heterocycles. The summed E-state index contributed by atoms with van der Waals surface area (Å²) in [5.41, 5.74) is 5.28. The number of hydrogen-bond donors (Lipinski definition) is 3. The molecule has 0 aliphatic carbocycles. The minimum Gasteiger partial charge on any atom is -0.397 e. The van der Waals surface area contributed by atoms with Crippen LogP contribution in [0, 0.1) is 0 Å². The van der Waals surface area contributed by atoms with E-state index in [0.717, 1.165) is 12.1 Å². The largest absolute Gasteiger partial charge is 0.416 e. The van der Waals surface area contributed by atoms with Crippen molar-refractivity contribution in [2.75, 3.05) is 11.1 Å². The average molecular weight is 271 g/mol. The van der Waals surface area contributed by atoms with Crippen molar-refractivity contribution in [1.82, 2.24) is 15.2 Å². The maximum atomic E-state index is 12.5. The van der Waals surface area contributed by atoms with Crippen LogP contribution in [-0.4, -0.2) is 15.2 Å². The van der Waals surface area contributed by atoms with E-state index in [1.165, 1.54) is 12.4 Å². The van der Waals surface area contributed by atoms with Crippen LogP contribution >= 0.6 is 0 Å². The molecular formula is C11H12F3N5. The Morgan fingerprint density at radius 3 is 2.63 bits per heavy atom. The summed E-state index contributed by atoms with van der Waals surface area (Å²) < 4.78 is 37.5. The van der Waals surface area contributed by atoms with Crippen LogP contribution in [0.15, 0.2) is 24.5 Å². The van der Waals surface area contributed by atoms with Crippen LogP contribution in [0.3, 0.4) is 0 Å². The lowest BCUT2D eigenvalue weighted by molar-refractivity contribution is -0.137. The minimum atomic E-state index is -4.40. The van der Waals surface area contributed by atoms with Crippen molar-refractivity contribution in [3.8, 4) is 0 Å².